The van der Waals surface area contributed by atoms with Crippen molar-refractivity contribution in [2.24, 2.45) is 0 Å². The SMILES string of the molecule is O=C(O)CCCCc1nc2ccccc2n1-c1ccccc1. The molecule has 0 fully saturated rings. The summed E-state index contributed by atoms with van der Waals surface area (Å²) in [5, 5.41) is 8.74. The van der Waals surface area contributed by atoms with Crippen LogP contribution >= 0.6 is 0 Å². The number of benzene rings is 2. The Labute approximate surface area is 129 Å². The van der Waals surface area contributed by atoms with Crippen LogP contribution in [-0.4, -0.2) is 20.6 Å². The molecule has 112 valence electrons. The monoisotopic (exact) mass is 294 g/mol. The van der Waals surface area contributed by atoms with E-state index in [1.807, 2.05) is 36.4 Å². The van der Waals surface area contributed by atoms with Gasteiger partial charge in [-0.15, -0.1) is 0 Å². The number of hydrogen-bond acceptors (Lipinski definition) is 2. The van der Waals surface area contributed by atoms with Crippen LogP contribution in [0.1, 0.15) is 25.1 Å². The van der Waals surface area contributed by atoms with E-state index in [4.69, 9.17) is 10.1 Å². The van der Waals surface area contributed by atoms with E-state index in [2.05, 4.69) is 22.8 Å². The van der Waals surface area contributed by atoms with Gasteiger partial charge < -0.3 is 5.11 Å². The molecule has 3 aromatic rings. The number of hydrogen-bond donors (Lipinski definition) is 1. The molecular formula is C18H18N2O2. The lowest BCUT2D eigenvalue weighted by atomic mass is 10.2. The molecule has 0 saturated heterocycles. The minimum atomic E-state index is -0.739. The van der Waals surface area contributed by atoms with Gasteiger partial charge in [-0.2, -0.15) is 0 Å². The molecule has 1 N–H and O–H groups in total. The lowest BCUT2D eigenvalue weighted by molar-refractivity contribution is -0.137. The van der Waals surface area contributed by atoms with Gasteiger partial charge >= 0.3 is 5.97 Å². The second-order valence-electron chi connectivity index (χ2n) is 5.29. The largest absolute Gasteiger partial charge is 0.481 e. The summed E-state index contributed by atoms with van der Waals surface area (Å²) in [4.78, 5) is 15.3. The Morgan fingerprint density at radius 1 is 1.00 bits per heavy atom. The van der Waals surface area contributed by atoms with Crippen LogP contribution < -0.4 is 0 Å². The molecule has 0 unspecified atom stereocenters. The highest BCUT2D eigenvalue weighted by Gasteiger charge is 2.11. The van der Waals surface area contributed by atoms with Crippen LogP contribution in [0.15, 0.2) is 54.6 Å². The minimum absolute atomic E-state index is 0.214. The highest BCUT2D eigenvalue weighted by molar-refractivity contribution is 5.78. The number of carboxylic acid groups (broad SMARTS) is 1. The number of aromatic nitrogens is 2. The number of rotatable bonds is 6. The number of aliphatic carboxylic acids is 1. The van der Waals surface area contributed by atoms with E-state index in [9.17, 15) is 4.79 Å². The third-order valence-corrected chi connectivity index (χ3v) is 3.69. The average Bonchev–Trinajstić information content (AvgIpc) is 2.90. The molecular weight excluding hydrogens is 276 g/mol. The standard InChI is InChI=1S/C18H18N2O2/c21-18(22)13-7-6-12-17-19-15-10-4-5-11-16(15)20(17)14-8-2-1-3-9-14/h1-5,8-11H,6-7,12-13H2,(H,21,22). The molecule has 0 aliphatic rings. The van der Waals surface area contributed by atoms with Gasteiger partial charge in [0.1, 0.15) is 5.82 Å². The summed E-state index contributed by atoms with van der Waals surface area (Å²) in [6.07, 6.45) is 2.48. The summed E-state index contributed by atoms with van der Waals surface area (Å²) >= 11 is 0. The van der Waals surface area contributed by atoms with Crippen LogP contribution in [0, 0.1) is 0 Å². The van der Waals surface area contributed by atoms with Gasteiger partial charge in [0.15, 0.2) is 0 Å². The lowest BCUT2D eigenvalue weighted by Gasteiger charge is -2.09. The molecule has 4 nitrogen and oxygen atoms in total. The predicted octanol–water partition coefficient (Wildman–Crippen LogP) is 3.82. The zero-order chi connectivity index (χ0) is 15.4. The third-order valence-electron chi connectivity index (χ3n) is 3.69. The van der Waals surface area contributed by atoms with Crippen molar-refractivity contribution in [1.82, 2.24) is 9.55 Å². The van der Waals surface area contributed by atoms with E-state index in [1.54, 1.807) is 0 Å². The Balaban J connectivity index is 1.93. The van der Waals surface area contributed by atoms with Crippen LogP contribution in [0.5, 0.6) is 0 Å². The van der Waals surface area contributed by atoms with Crippen LogP contribution in [-0.2, 0) is 11.2 Å². The molecule has 0 atom stereocenters. The van der Waals surface area contributed by atoms with Gasteiger partial charge in [0.05, 0.1) is 11.0 Å². The van der Waals surface area contributed by atoms with Crippen molar-refractivity contribution in [3.63, 3.8) is 0 Å². The van der Waals surface area contributed by atoms with Crippen molar-refractivity contribution in [2.45, 2.75) is 25.7 Å². The second kappa shape index (κ2) is 6.43. The number of imidazole rings is 1. The maximum atomic E-state index is 10.6. The van der Waals surface area contributed by atoms with E-state index in [0.717, 1.165) is 35.4 Å². The van der Waals surface area contributed by atoms with Gasteiger partial charge in [-0.3, -0.25) is 9.36 Å². The van der Waals surface area contributed by atoms with E-state index in [0.29, 0.717) is 6.42 Å². The molecule has 0 aliphatic carbocycles. The fourth-order valence-corrected chi connectivity index (χ4v) is 2.67. The second-order valence-corrected chi connectivity index (χ2v) is 5.29. The van der Waals surface area contributed by atoms with Crippen molar-refractivity contribution in [1.29, 1.82) is 0 Å². The summed E-state index contributed by atoms with van der Waals surface area (Å²) in [6.45, 7) is 0. The predicted molar refractivity (Wildman–Crippen MR) is 86.3 cm³/mol. The number of nitrogens with zero attached hydrogens (tertiary/aromatic N) is 2. The van der Waals surface area contributed by atoms with Crippen molar-refractivity contribution >= 4 is 17.0 Å². The first-order chi connectivity index (χ1) is 10.8. The van der Waals surface area contributed by atoms with Gasteiger partial charge in [-0.1, -0.05) is 30.3 Å². The normalized spacial score (nSPS) is 10.9. The first-order valence-corrected chi connectivity index (χ1v) is 7.49. The van der Waals surface area contributed by atoms with Gasteiger partial charge in [0.2, 0.25) is 0 Å². The van der Waals surface area contributed by atoms with Crippen LogP contribution in [0.4, 0.5) is 0 Å². The Morgan fingerprint density at radius 3 is 2.50 bits per heavy atom. The molecule has 2 aromatic carbocycles. The molecule has 0 amide bonds. The molecule has 1 heterocycles. The van der Waals surface area contributed by atoms with Crippen molar-refractivity contribution in [3.05, 3.63) is 60.4 Å². The topological polar surface area (TPSA) is 55.1 Å². The molecule has 0 saturated carbocycles. The lowest BCUT2D eigenvalue weighted by Crippen LogP contribution is -2.02. The Bertz CT molecular complexity index is 778. The van der Waals surface area contributed by atoms with E-state index < -0.39 is 5.97 Å². The number of fused-ring (bicyclic) bond motifs is 1. The van der Waals surface area contributed by atoms with Crippen molar-refractivity contribution in [3.8, 4) is 5.69 Å². The molecule has 1 aromatic heterocycles. The number of carbonyl (C=O) groups is 1. The zero-order valence-electron chi connectivity index (χ0n) is 12.3. The molecule has 3 rings (SSSR count). The fraction of sp³-hybridized carbons (Fsp3) is 0.222. The summed E-state index contributed by atoms with van der Waals surface area (Å²) in [7, 11) is 0. The summed E-state index contributed by atoms with van der Waals surface area (Å²) in [6, 6.07) is 18.2. The van der Waals surface area contributed by atoms with Gasteiger partial charge in [0, 0.05) is 18.5 Å². The van der Waals surface area contributed by atoms with Crippen molar-refractivity contribution in [2.75, 3.05) is 0 Å². The number of para-hydroxylation sites is 3. The van der Waals surface area contributed by atoms with E-state index in [-0.39, 0.29) is 6.42 Å². The van der Waals surface area contributed by atoms with Gasteiger partial charge in [-0.05, 0) is 37.1 Å². The first kappa shape index (κ1) is 14.3. The molecule has 0 spiro atoms. The van der Waals surface area contributed by atoms with Crippen molar-refractivity contribution < 1.29 is 9.90 Å². The Hall–Kier alpha value is -2.62. The first-order valence-electron chi connectivity index (χ1n) is 7.49. The summed E-state index contributed by atoms with van der Waals surface area (Å²) < 4.78 is 2.16. The Morgan fingerprint density at radius 2 is 1.73 bits per heavy atom. The Kier molecular flexibility index (Phi) is 4.19. The summed E-state index contributed by atoms with van der Waals surface area (Å²) in [5.41, 5.74) is 3.14. The quantitative estimate of drug-likeness (QED) is 0.703. The molecule has 22 heavy (non-hydrogen) atoms. The van der Waals surface area contributed by atoms with Crippen LogP contribution in [0.25, 0.3) is 16.7 Å². The van der Waals surface area contributed by atoms with E-state index >= 15 is 0 Å². The number of unbranched alkanes of at least 4 members (excludes halogenated alkanes) is 1. The molecule has 0 radical (unpaired) electrons. The smallest absolute Gasteiger partial charge is 0.303 e. The molecule has 4 heteroatoms. The minimum Gasteiger partial charge on any atom is -0.481 e. The number of aryl methyl sites for hydroxylation is 1. The molecule has 0 bridgehead atoms. The maximum Gasteiger partial charge on any atom is 0.303 e. The van der Waals surface area contributed by atoms with Gasteiger partial charge in [-0.25, -0.2) is 4.98 Å². The van der Waals surface area contributed by atoms with E-state index in [1.165, 1.54) is 0 Å². The van der Waals surface area contributed by atoms with Crippen LogP contribution in [0.2, 0.25) is 0 Å². The maximum absolute atomic E-state index is 10.6. The fourth-order valence-electron chi connectivity index (χ4n) is 2.67. The third kappa shape index (κ3) is 3.01. The van der Waals surface area contributed by atoms with Crippen LogP contribution in [0.3, 0.4) is 0 Å². The van der Waals surface area contributed by atoms with Gasteiger partial charge in [0.25, 0.3) is 0 Å². The molecule has 0 aliphatic heterocycles. The highest BCUT2D eigenvalue weighted by Crippen LogP contribution is 2.22. The number of carboxylic acids is 1. The average molecular weight is 294 g/mol. The zero-order valence-corrected chi connectivity index (χ0v) is 12.3. The highest BCUT2D eigenvalue weighted by atomic mass is 16.4. The summed E-state index contributed by atoms with van der Waals surface area (Å²) in [5.74, 6) is 0.245.